The Morgan fingerprint density at radius 1 is 1.24 bits per heavy atom. The average molecular weight is 389 g/mol. The Hall–Kier alpha value is -1.64. The van der Waals surface area contributed by atoms with Gasteiger partial charge in [0.2, 0.25) is 10.0 Å². The number of benzene rings is 1. The molecule has 1 aromatic rings. The highest BCUT2D eigenvalue weighted by atomic mass is 35.5. The summed E-state index contributed by atoms with van der Waals surface area (Å²) in [5, 5.41) is 2.68. The molecular weight excluding hydrogens is 368 g/mol. The molecule has 0 bridgehead atoms. The van der Waals surface area contributed by atoms with Crippen LogP contribution in [-0.2, 0) is 24.3 Å². The molecule has 9 heteroatoms. The predicted molar refractivity (Wildman–Crippen MR) is 93.9 cm³/mol. The van der Waals surface area contributed by atoms with E-state index >= 15 is 0 Å². The van der Waals surface area contributed by atoms with Crippen LogP contribution < -0.4 is 5.32 Å². The molecule has 25 heavy (non-hydrogen) atoms. The van der Waals surface area contributed by atoms with Gasteiger partial charge in [0.15, 0.2) is 6.61 Å². The summed E-state index contributed by atoms with van der Waals surface area (Å²) >= 11 is 6.04. The Balaban J connectivity index is 2.14. The van der Waals surface area contributed by atoms with E-state index in [0.717, 1.165) is 19.3 Å². The van der Waals surface area contributed by atoms with E-state index in [1.165, 1.54) is 22.5 Å². The van der Waals surface area contributed by atoms with Gasteiger partial charge in [-0.05, 0) is 31.0 Å². The Bertz CT molecular complexity index is 745. The summed E-state index contributed by atoms with van der Waals surface area (Å²) in [5.41, 5.74) is 0.164. The van der Waals surface area contributed by atoms with Crippen molar-refractivity contribution in [3.05, 3.63) is 23.2 Å². The van der Waals surface area contributed by atoms with Crippen molar-refractivity contribution in [2.45, 2.75) is 37.5 Å². The monoisotopic (exact) mass is 388 g/mol. The number of amides is 1. The zero-order valence-electron chi connectivity index (χ0n) is 14.0. The second-order valence-corrected chi connectivity index (χ2v) is 8.01. The molecule has 1 N–H and O–H groups in total. The summed E-state index contributed by atoms with van der Waals surface area (Å²) < 4.78 is 31.6. The lowest BCUT2D eigenvalue weighted by atomic mass is 10.2. The largest absolute Gasteiger partial charge is 0.456 e. The Morgan fingerprint density at radius 2 is 1.92 bits per heavy atom. The molecule has 1 aliphatic heterocycles. The molecule has 0 radical (unpaired) electrons. The second-order valence-electron chi connectivity index (χ2n) is 5.67. The van der Waals surface area contributed by atoms with Crippen LogP contribution in [-0.4, -0.2) is 44.3 Å². The van der Waals surface area contributed by atoms with Crippen molar-refractivity contribution in [2.75, 3.05) is 25.0 Å². The van der Waals surface area contributed by atoms with Crippen LogP contribution >= 0.6 is 11.6 Å². The van der Waals surface area contributed by atoms with Crippen LogP contribution in [0.25, 0.3) is 0 Å². The molecule has 0 saturated carbocycles. The van der Waals surface area contributed by atoms with Gasteiger partial charge >= 0.3 is 5.97 Å². The maximum Gasteiger partial charge on any atom is 0.306 e. The number of rotatable bonds is 6. The number of halogens is 1. The first-order valence-corrected chi connectivity index (χ1v) is 9.91. The van der Waals surface area contributed by atoms with Gasteiger partial charge in [0, 0.05) is 19.5 Å². The summed E-state index contributed by atoms with van der Waals surface area (Å²) in [6, 6.07) is 4.16. The molecule has 0 aliphatic carbocycles. The van der Waals surface area contributed by atoms with Gasteiger partial charge < -0.3 is 10.1 Å². The van der Waals surface area contributed by atoms with Gasteiger partial charge in [-0.15, -0.1) is 0 Å². The molecule has 1 aromatic carbocycles. The highest BCUT2D eigenvalue weighted by Crippen LogP contribution is 2.28. The third-order valence-corrected chi connectivity index (χ3v) is 6.04. The molecule has 0 spiro atoms. The van der Waals surface area contributed by atoms with E-state index in [-0.39, 0.29) is 22.0 Å². The molecule has 138 valence electrons. The maximum absolute atomic E-state index is 12.7. The van der Waals surface area contributed by atoms with E-state index in [0.29, 0.717) is 13.1 Å². The standard InChI is InChI=1S/C16H21ClN2O5S/c1-2-16(21)24-11-15(20)18-14-10-12(6-7-13(14)17)25(22,23)19-8-4-3-5-9-19/h6-7,10H,2-5,8-9,11H2,1H3,(H,18,20). The molecule has 1 saturated heterocycles. The third kappa shape index (κ3) is 5.17. The fourth-order valence-electron chi connectivity index (χ4n) is 2.45. The summed E-state index contributed by atoms with van der Waals surface area (Å²) in [7, 11) is -3.63. The minimum absolute atomic E-state index is 0.0691. The van der Waals surface area contributed by atoms with E-state index in [1.807, 2.05) is 0 Å². The first kappa shape index (κ1) is 19.7. The maximum atomic E-state index is 12.7. The number of hydrogen-bond acceptors (Lipinski definition) is 5. The molecule has 0 unspecified atom stereocenters. The highest BCUT2D eigenvalue weighted by Gasteiger charge is 2.26. The number of nitrogens with zero attached hydrogens (tertiary/aromatic N) is 1. The highest BCUT2D eigenvalue weighted by molar-refractivity contribution is 7.89. The minimum atomic E-state index is -3.63. The normalized spacial score (nSPS) is 15.6. The number of anilines is 1. The number of carbonyl (C=O) groups excluding carboxylic acids is 2. The van der Waals surface area contributed by atoms with Gasteiger partial charge in [-0.25, -0.2) is 8.42 Å². The number of nitrogens with one attached hydrogen (secondary N) is 1. The van der Waals surface area contributed by atoms with Crippen molar-refractivity contribution >= 4 is 39.2 Å². The molecule has 7 nitrogen and oxygen atoms in total. The topological polar surface area (TPSA) is 92.8 Å². The molecule has 1 aliphatic rings. The minimum Gasteiger partial charge on any atom is -0.456 e. The Labute approximate surface area is 152 Å². The van der Waals surface area contributed by atoms with Gasteiger partial charge in [-0.1, -0.05) is 24.9 Å². The van der Waals surface area contributed by atoms with Gasteiger partial charge in [0.25, 0.3) is 5.91 Å². The summed E-state index contributed by atoms with van der Waals surface area (Å²) in [5.74, 6) is -1.08. The van der Waals surface area contributed by atoms with E-state index in [9.17, 15) is 18.0 Å². The summed E-state index contributed by atoms with van der Waals surface area (Å²) in [4.78, 5) is 23.0. The lowest BCUT2D eigenvalue weighted by Crippen LogP contribution is -2.35. The quantitative estimate of drug-likeness (QED) is 0.755. The van der Waals surface area contributed by atoms with Crippen LogP contribution in [0.3, 0.4) is 0 Å². The van der Waals surface area contributed by atoms with Crippen molar-refractivity contribution in [3.63, 3.8) is 0 Å². The third-order valence-electron chi connectivity index (χ3n) is 3.82. The van der Waals surface area contributed by atoms with E-state index in [4.69, 9.17) is 16.3 Å². The molecular formula is C16H21ClN2O5S. The Kier molecular flexibility index (Phi) is 6.80. The SMILES string of the molecule is CCC(=O)OCC(=O)Nc1cc(S(=O)(=O)N2CCCCC2)ccc1Cl. The fourth-order valence-corrected chi connectivity index (χ4v) is 4.16. The van der Waals surface area contributed by atoms with E-state index in [2.05, 4.69) is 5.32 Å². The van der Waals surface area contributed by atoms with Gasteiger partial charge in [0.1, 0.15) is 0 Å². The van der Waals surface area contributed by atoms with Crippen molar-refractivity contribution in [1.29, 1.82) is 0 Å². The van der Waals surface area contributed by atoms with E-state index in [1.54, 1.807) is 6.92 Å². The van der Waals surface area contributed by atoms with E-state index < -0.39 is 28.5 Å². The molecule has 1 heterocycles. The van der Waals surface area contributed by atoms with Crippen LogP contribution in [0.1, 0.15) is 32.6 Å². The van der Waals surface area contributed by atoms with Crippen LogP contribution in [0.2, 0.25) is 5.02 Å². The second kappa shape index (κ2) is 8.64. The molecule has 1 amide bonds. The molecule has 0 aromatic heterocycles. The number of sulfonamides is 1. The Morgan fingerprint density at radius 3 is 2.56 bits per heavy atom. The number of piperidine rings is 1. The van der Waals surface area contributed by atoms with Crippen molar-refractivity contribution in [3.8, 4) is 0 Å². The number of ether oxygens (including phenoxy) is 1. The fraction of sp³-hybridized carbons (Fsp3) is 0.500. The number of hydrogen-bond donors (Lipinski definition) is 1. The zero-order valence-corrected chi connectivity index (χ0v) is 15.5. The van der Waals surface area contributed by atoms with Gasteiger partial charge in [-0.2, -0.15) is 4.31 Å². The first-order chi connectivity index (χ1) is 11.8. The molecule has 2 rings (SSSR count). The average Bonchev–Trinajstić information content (AvgIpc) is 2.62. The predicted octanol–water partition coefficient (Wildman–Crippen LogP) is 2.41. The van der Waals surface area contributed by atoms with Gasteiger partial charge in [-0.3, -0.25) is 9.59 Å². The van der Waals surface area contributed by atoms with Crippen molar-refractivity contribution < 1.29 is 22.7 Å². The summed E-state index contributed by atoms with van der Waals surface area (Å²) in [6.07, 6.45) is 2.85. The number of esters is 1. The smallest absolute Gasteiger partial charge is 0.306 e. The van der Waals surface area contributed by atoms with Gasteiger partial charge in [0.05, 0.1) is 15.6 Å². The zero-order chi connectivity index (χ0) is 18.4. The van der Waals surface area contributed by atoms with Crippen molar-refractivity contribution in [2.24, 2.45) is 0 Å². The van der Waals surface area contributed by atoms with Crippen molar-refractivity contribution in [1.82, 2.24) is 4.31 Å². The van der Waals surface area contributed by atoms with Crippen LogP contribution in [0, 0.1) is 0 Å². The molecule has 0 atom stereocenters. The lowest BCUT2D eigenvalue weighted by Gasteiger charge is -2.26. The van der Waals surface area contributed by atoms with Crippen LogP contribution in [0.15, 0.2) is 23.1 Å². The lowest BCUT2D eigenvalue weighted by molar-refractivity contribution is -0.146. The first-order valence-electron chi connectivity index (χ1n) is 8.09. The summed E-state index contributed by atoms with van der Waals surface area (Å²) in [6.45, 7) is 2.14. The van der Waals surface area contributed by atoms with Crippen LogP contribution in [0.5, 0.6) is 0 Å². The number of carbonyl (C=O) groups is 2. The van der Waals surface area contributed by atoms with Crippen LogP contribution in [0.4, 0.5) is 5.69 Å². The molecule has 1 fully saturated rings.